The first kappa shape index (κ1) is 16.0. The predicted octanol–water partition coefficient (Wildman–Crippen LogP) is 5.16. The molecule has 2 N–H and O–H groups in total. The van der Waals surface area contributed by atoms with Crippen LogP contribution in [0.2, 0.25) is 0 Å². The van der Waals surface area contributed by atoms with Crippen molar-refractivity contribution in [2.24, 2.45) is 0 Å². The van der Waals surface area contributed by atoms with Crippen LogP contribution in [0.4, 0.5) is 5.82 Å². The molecule has 5 nitrogen and oxygen atoms in total. The number of aryl methyl sites for hydroxylation is 1. The van der Waals surface area contributed by atoms with Gasteiger partial charge in [0, 0.05) is 32.8 Å². The van der Waals surface area contributed by atoms with Gasteiger partial charge in [-0.1, -0.05) is 30.3 Å². The topological polar surface area (TPSA) is 66.5 Å². The Bertz CT molecular complexity index is 1220. The Balaban J connectivity index is 1.45. The number of hydrogen-bond donors (Lipinski definition) is 2. The molecule has 5 rings (SSSR count). The van der Waals surface area contributed by atoms with Crippen LogP contribution in [0.25, 0.3) is 32.5 Å². The molecule has 0 bridgehead atoms. The molecule has 0 unspecified atom stereocenters. The minimum Gasteiger partial charge on any atom is -0.363 e. The van der Waals surface area contributed by atoms with E-state index in [1.807, 2.05) is 43.5 Å². The second kappa shape index (κ2) is 6.48. The molecule has 0 saturated heterocycles. The molecule has 3 aromatic heterocycles. The van der Waals surface area contributed by atoms with E-state index in [4.69, 9.17) is 4.98 Å². The summed E-state index contributed by atoms with van der Waals surface area (Å²) < 4.78 is 1.24. The Morgan fingerprint density at radius 2 is 1.89 bits per heavy atom. The van der Waals surface area contributed by atoms with Gasteiger partial charge < -0.3 is 10.3 Å². The van der Waals surface area contributed by atoms with Crippen LogP contribution in [0.5, 0.6) is 0 Å². The lowest BCUT2D eigenvalue weighted by molar-refractivity contribution is 0.986. The van der Waals surface area contributed by atoms with Gasteiger partial charge in [-0.15, -0.1) is 11.3 Å². The SMILES string of the molecule is Cc1cnc(-c2csc3ccccc23)nc1NCc1nc2ccccc2[nH]1. The molecular formula is C21H17N5S. The second-order valence-electron chi connectivity index (χ2n) is 6.42. The number of nitrogens with one attached hydrogen (secondary N) is 2. The van der Waals surface area contributed by atoms with E-state index in [0.717, 1.165) is 39.6 Å². The van der Waals surface area contributed by atoms with Crippen molar-refractivity contribution in [3.8, 4) is 11.4 Å². The summed E-state index contributed by atoms with van der Waals surface area (Å²) in [6.45, 7) is 2.59. The average molecular weight is 371 g/mol. The summed E-state index contributed by atoms with van der Waals surface area (Å²) in [6.07, 6.45) is 1.87. The van der Waals surface area contributed by atoms with Gasteiger partial charge in [0.25, 0.3) is 0 Å². The number of aromatic nitrogens is 4. The van der Waals surface area contributed by atoms with Crippen molar-refractivity contribution in [3.05, 3.63) is 71.5 Å². The molecule has 0 amide bonds. The number of rotatable bonds is 4. The normalized spacial score (nSPS) is 11.3. The zero-order valence-corrected chi connectivity index (χ0v) is 15.5. The summed E-state index contributed by atoms with van der Waals surface area (Å²) in [5, 5.41) is 6.71. The predicted molar refractivity (Wildman–Crippen MR) is 111 cm³/mol. The number of anilines is 1. The van der Waals surface area contributed by atoms with Crippen LogP contribution < -0.4 is 5.32 Å². The van der Waals surface area contributed by atoms with Crippen LogP contribution in [0.3, 0.4) is 0 Å². The van der Waals surface area contributed by atoms with Gasteiger partial charge >= 0.3 is 0 Å². The van der Waals surface area contributed by atoms with E-state index in [1.165, 1.54) is 10.1 Å². The minimum absolute atomic E-state index is 0.580. The number of hydrogen-bond acceptors (Lipinski definition) is 5. The number of para-hydroxylation sites is 2. The summed E-state index contributed by atoms with van der Waals surface area (Å²) in [7, 11) is 0. The number of aromatic amines is 1. The first-order valence-corrected chi connectivity index (χ1v) is 9.63. The molecular weight excluding hydrogens is 354 g/mol. The lowest BCUT2D eigenvalue weighted by Gasteiger charge is -2.08. The van der Waals surface area contributed by atoms with Crippen molar-refractivity contribution in [3.63, 3.8) is 0 Å². The second-order valence-corrected chi connectivity index (χ2v) is 7.34. The van der Waals surface area contributed by atoms with E-state index in [9.17, 15) is 0 Å². The molecule has 27 heavy (non-hydrogen) atoms. The van der Waals surface area contributed by atoms with Crippen molar-refractivity contribution >= 4 is 38.3 Å². The maximum atomic E-state index is 4.78. The summed E-state index contributed by atoms with van der Waals surface area (Å²) in [5.74, 6) is 2.46. The highest BCUT2D eigenvalue weighted by Gasteiger charge is 2.11. The third-order valence-electron chi connectivity index (χ3n) is 4.56. The zero-order chi connectivity index (χ0) is 18.2. The molecule has 0 aliphatic heterocycles. The Labute approximate surface area is 160 Å². The van der Waals surface area contributed by atoms with Gasteiger partial charge in [0.1, 0.15) is 11.6 Å². The van der Waals surface area contributed by atoms with Crippen molar-refractivity contribution in [1.82, 2.24) is 19.9 Å². The van der Waals surface area contributed by atoms with Crippen LogP contribution >= 0.6 is 11.3 Å². The summed E-state index contributed by atoms with van der Waals surface area (Å²) in [6, 6.07) is 16.4. The van der Waals surface area contributed by atoms with Gasteiger partial charge in [-0.25, -0.2) is 15.0 Å². The Morgan fingerprint density at radius 1 is 1.04 bits per heavy atom. The van der Waals surface area contributed by atoms with E-state index in [1.54, 1.807) is 11.3 Å². The van der Waals surface area contributed by atoms with Crippen LogP contribution in [-0.2, 0) is 6.54 Å². The van der Waals surface area contributed by atoms with Crippen molar-refractivity contribution in [2.45, 2.75) is 13.5 Å². The molecule has 0 radical (unpaired) electrons. The number of benzene rings is 2. The molecule has 0 aliphatic carbocycles. The summed E-state index contributed by atoms with van der Waals surface area (Å²) >= 11 is 1.72. The maximum Gasteiger partial charge on any atom is 0.162 e. The highest BCUT2D eigenvalue weighted by molar-refractivity contribution is 7.17. The Morgan fingerprint density at radius 3 is 2.81 bits per heavy atom. The quantitative estimate of drug-likeness (QED) is 0.458. The minimum atomic E-state index is 0.580. The van der Waals surface area contributed by atoms with Crippen molar-refractivity contribution in [1.29, 1.82) is 0 Å². The molecule has 0 spiro atoms. The van der Waals surface area contributed by atoms with Crippen LogP contribution in [-0.4, -0.2) is 19.9 Å². The van der Waals surface area contributed by atoms with E-state index >= 15 is 0 Å². The molecule has 5 aromatic rings. The Hall–Kier alpha value is -3.25. The fourth-order valence-electron chi connectivity index (χ4n) is 3.16. The Kier molecular flexibility index (Phi) is 3.83. The van der Waals surface area contributed by atoms with Gasteiger partial charge in [-0.2, -0.15) is 0 Å². The maximum absolute atomic E-state index is 4.78. The zero-order valence-electron chi connectivity index (χ0n) is 14.7. The number of H-pyrrole nitrogens is 1. The summed E-state index contributed by atoms with van der Waals surface area (Å²) in [4.78, 5) is 17.3. The van der Waals surface area contributed by atoms with E-state index in [-0.39, 0.29) is 0 Å². The molecule has 132 valence electrons. The van der Waals surface area contributed by atoms with Crippen LogP contribution in [0, 0.1) is 6.92 Å². The van der Waals surface area contributed by atoms with Gasteiger partial charge in [-0.05, 0) is 25.1 Å². The first-order valence-electron chi connectivity index (χ1n) is 8.76. The monoisotopic (exact) mass is 371 g/mol. The van der Waals surface area contributed by atoms with E-state index < -0.39 is 0 Å². The molecule has 0 fully saturated rings. The van der Waals surface area contributed by atoms with Crippen LogP contribution in [0.1, 0.15) is 11.4 Å². The van der Waals surface area contributed by atoms with Gasteiger partial charge in [0.15, 0.2) is 5.82 Å². The van der Waals surface area contributed by atoms with Gasteiger partial charge in [0.05, 0.1) is 17.6 Å². The summed E-state index contributed by atoms with van der Waals surface area (Å²) in [5.41, 5.74) is 4.09. The number of thiophene rings is 1. The highest BCUT2D eigenvalue weighted by atomic mass is 32.1. The third kappa shape index (κ3) is 2.94. The number of fused-ring (bicyclic) bond motifs is 2. The fourth-order valence-corrected chi connectivity index (χ4v) is 4.10. The lowest BCUT2D eigenvalue weighted by Crippen LogP contribution is -2.06. The molecule has 0 atom stereocenters. The number of nitrogens with zero attached hydrogens (tertiary/aromatic N) is 3. The standard InChI is InChI=1S/C21H17N5S/c1-13-10-22-21(15-12-27-18-9-5-2-6-14(15)18)26-20(13)23-11-19-24-16-7-3-4-8-17(16)25-19/h2-10,12H,11H2,1H3,(H,24,25)(H,22,23,26). The number of imidazole rings is 1. The fraction of sp³-hybridized carbons (Fsp3) is 0.0952. The molecule has 0 saturated carbocycles. The van der Waals surface area contributed by atoms with Crippen molar-refractivity contribution < 1.29 is 0 Å². The van der Waals surface area contributed by atoms with Gasteiger partial charge in [0.2, 0.25) is 0 Å². The van der Waals surface area contributed by atoms with E-state index in [2.05, 4.69) is 43.8 Å². The lowest BCUT2D eigenvalue weighted by atomic mass is 10.1. The van der Waals surface area contributed by atoms with E-state index in [0.29, 0.717) is 6.54 Å². The molecule has 6 heteroatoms. The molecule has 2 aromatic carbocycles. The third-order valence-corrected chi connectivity index (χ3v) is 5.52. The average Bonchev–Trinajstić information content (AvgIpc) is 3.31. The largest absolute Gasteiger partial charge is 0.363 e. The van der Waals surface area contributed by atoms with Crippen LogP contribution in [0.15, 0.2) is 60.1 Å². The smallest absolute Gasteiger partial charge is 0.162 e. The molecule has 3 heterocycles. The molecule has 0 aliphatic rings. The first-order chi connectivity index (χ1) is 13.3. The van der Waals surface area contributed by atoms with Crippen molar-refractivity contribution in [2.75, 3.05) is 5.32 Å². The van der Waals surface area contributed by atoms with Gasteiger partial charge in [-0.3, -0.25) is 0 Å². The highest BCUT2D eigenvalue weighted by Crippen LogP contribution is 2.32.